The molecule has 19 amide bonds. The molecule has 13 atom stereocenters. The Hall–Kier alpha value is -14.5. The van der Waals surface area contributed by atoms with Crippen LogP contribution < -0.4 is 68.4 Å². The minimum Gasteiger partial charge on any atom is -0.486 e. The molecule has 10 rings (SSSR count). The highest BCUT2D eigenvalue weighted by Crippen LogP contribution is 2.32. The van der Waals surface area contributed by atoms with Crippen LogP contribution in [0.2, 0.25) is 0 Å². The second-order valence-corrected chi connectivity index (χ2v) is 36.9. The standard InChI is InChI=1S/C97H130N20O29/c1-53(2)76(110-69(118)33-38-141-40-42-143-43-41-142-39-37-117-70(119)31-32-71(117)120)88(131)107-62(24-19-34-99-97(98)140)85(128)104-59-29-27-56(28-30-59)52-144-67-44-57-20-11-13-22-60(57)105-77(67)89(132)108-63-46-100-91(134)79(54(3)4)113(9)74(123)50-111(7)73(122)49-103-87(130)66-26-16-18-36-116(66)94(137)64(109-90(133)78-68(45-58-21-12-14-23-61(58)106-78)145-96-83(127)81(125)82(126)84(146-96)95(138)139)47-101-92(135)80(55(5)6)114(10)75(124)51-112(8)72(121)48-102-86(129)65-25-15-17-35-115(65)93(63)136/h11-14,20-23,27-32,44-45,53-55,62-66,76,79-84,96,125-127H,15-19,24-26,33-43,46-52H2,1-10H3,(H,100,134)(H,101,135)(H,102,129)(H,103,130)(H,104,128)(H,107,131)(H,108,132)(H,109,133)(H,110,118)(H,138,139)(H3,98,99,140)/t62-,63+,64+,65-,66-,76-,79-,80-,81-,82-,83+,84-,96+/m0/s1. The van der Waals surface area contributed by atoms with Crippen molar-refractivity contribution in [2.24, 2.45) is 23.5 Å². The first-order valence-electron chi connectivity index (χ1n) is 48.2. The normalized spacial score (nSPS) is 22.4. The number of likely N-dealkylation sites (N-methyl/N-ethyl adjacent to an activating group) is 4. The molecule has 4 fully saturated rings. The molecule has 146 heavy (non-hydrogen) atoms. The predicted octanol–water partition coefficient (Wildman–Crippen LogP) is -2.97. The number of aromatic nitrogens is 2. The number of piperidine rings is 2. The van der Waals surface area contributed by atoms with Crippen LogP contribution in [0.1, 0.15) is 126 Å². The highest BCUT2D eigenvalue weighted by Gasteiger charge is 2.50. The van der Waals surface area contributed by atoms with Crippen LogP contribution in [0.25, 0.3) is 21.8 Å². The summed E-state index contributed by atoms with van der Waals surface area (Å²) in [6, 6.07) is 9.77. The van der Waals surface area contributed by atoms with E-state index in [2.05, 4.69) is 58.2 Å². The zero-order valence-electron chi connectivity index (χ0n) is 83.0. The Morgan fingerprint density at radius 3 is 1.51 bits per heavy atom. The summed E-state index contributed by atoms with van der Waals surface area (Å²) in [6.45, 7) is 5.85. The van der Waals surface area contributed by atoms with Gasteiger partial charge in [0.25, 0.3) is 23.6 Å². The zero-order chi connectivity index (χ0) is 106. The van der Waals surface area contributed by atoms with Crippen molar-refractivity contribution in [2.45, 2.75) is 185 Å². The molecule has 0 spiro atoms. The van der Waals surface area contributed by atoms with E-state index in [0.29, 0.717) is 47.5 Å². The maximum Gasteiger partial charge on any atom is 0.335 e. The molecule has 0 unspecified atom stereocenters. The van der Waals surface area contributed by atoms with Gasteiger partial charge in [-0.15, -0.1) is 0 Å². The number of benzene rings is 3. The number of nitrogens with two attached hydrogens (primary N) is 1. The number of ether oxygens (including phenoxy) is 6. The molecule has 7 heterocycles. The molecule has 16 N–H and O–H groups in total. The van der Waals surface area contributed by atoms with Gasteiger partial charge in [0.05, 0.1) is 83.4 Å². The molecule has 4 saturated heterocycles. The average Bonchev–Trinajstić information content (AvgIpc) is 1.34. The number of aliphatic carboxylic acids is 1. The largest absolute Gasteiger partial charge is 0.486 e. The first-order valence-corrected chi connectivity index (χ1v) is 48.2. The second-order valence-electron chi connectivity index (χ2n) is 36.9. The summed E-state index contributed by atoms with van der Waals surface area (Å²) < 4.78 is 34.2. The fraction of sp³-hybridized carbons (Fsp3) is 0.536. The number of para-hydroxylation sites is 2. The van der Waals surface area contributed by atoms with Crippen LogP contribution in [-0.4, -0.2) is 389 Å². The van der Waals surface area contributed by atoms with Gasteiger partial charge < -0.3 is 137 Å². The number of carboxylic acids is 1. The minimum atomic E-state index is -2.15. The van der Waals surface area contributed by atoms with E-state index in [1.54, 1.807) is 96.1 Å². The highest BCUT2D eigenvalue weighted by atomic mass is 16.7. The lowest BCUT2D eigenvalue weighted by Gasteiger charge is -2.38. The molecule has 3 aromatic carbocycles. The summed E-state index contributed by atoms with van der Waals surface area (Å²) in [7, 11) is 5.06. The molecule has 5 aliphatic rings. The van der Waals surface area contributed by atoms with E-state index in [1.807, 2.05) is 0 Å². The van der Waals surface area contributed by atoms with Crippen LogP contribution in [0.15, 0.2) is 97.1 Å². The monoisotopic (exact) mass is 2040 g/mol. The highest BCUT2D eigenvalue weighted by molar-refractivity contribution is 6.13. The Kier molecular flexibility index (Phi) is 41.9. The number of pyridine rings is 2. The number of primary amides is 1. The van der Waals surface area contributed by atoms with Crippen molar-refractivity contribution in [3.8, 4) is 11.5 Å². The second kappa shape index (κ2) is 53.9. The Morgan fingerprint density at radius 1 is 0.548 bits per heavy atom. The molecule has 49 nitrogen and oxygen atoms in total. The van der Waals surface area contributed by atoms with Crippen LogP contribution in [-0.2, 0) is 102 Å². The van der Waals surface area contributed by atoms with Gasteiger partial charge in [-0.2, -0.15) is 0 Å². The number of fused-ring (bicyclic) bond motifs is 4. The predicted molar refractivity (Wildman–Crippen MR) is 518 cm³/mol. The molecule has 0 radical (unpaired) electrons. The number of anilines is 1. The van der Waals surface area contributed by atoms with Crippen LogP contribution in [0.3, 0.4) is 0 Å². The minimum absolute atomic E-state index is 0.00329. The van der Waals surface area contributed by atoms with Gasteiger partial charge in [0, 0.05) is 95.9 Å². The van der Waals surface area contributed by atoms with Gasteiger partial charge in [-0.3, -0.25) is 86.4 Å². The first-order chi connectivity index (χ1) is 69.5. The summed E-state index contributed by atoms with van der Waals surface area (Å²) in [6.07, 6.45) is -6.86. The fourth-order valence-electron chi connectivity index (χ4n) is 17.0. The molecule has 0 bridgehead atoms. The number of imide groups is 1. The van der Waals surface area contributed by atoms with Crippen molar-refractivity contribution >= 4 is 140 Å². The van der Waals surface area contributed by atoms with Crippen LogP contribution in [0.4, 0.5) is 10.5 Å². The zero-order valence-corrected chi connectivity index (χ0v) is 83.0. The summed E-state index contributed by atoms with van der Waals surface area (Å²) in [5, 5.41) is 69.4. The molecule has 5 aliphatic heterocycles. The fourth-order valence-corrected chi connectivity index (χ4v) is 17.0. The van der Waals surface area contributed by atoms with E-state index in [4.69, 9.17) is 39.1 Å². The summed E-state index contributed by atoms with van der Waals surface area (Å²) >= 11 is 0. The number of nitrogens with one attached hydrogen (secondary N) is 10. The van der Waals surface area contributed by atoms with E-state index in [-0.39, 0.29) is 127 Å². The van der Waals surface area contributed by atoms with E-state index in [0.717, 1.165) is 29.4 Å². The SMILES string of the molecule is CC(C)[C@H](NC(=O)CCOCCOCCOCCN1C(=O)C=CC1=O)C(=O)N[C@@H](CCCNC(N)=O)C(=O)Nc1ccc(COc2cc3ccccc3nc2C(=O)N[C@@H]2CNC(=O)[C@H](C(C)C)N(C)C(=O)CN(C)C(=O)CNC(=O)[C@@H]3CCCCN3C(=O)[C@H](NC(=O)c3nc4ccccc4cc3O[C@@H]3O[C@H](C(=O)O)[C@@H](O)[C@H](O)[C@H]3O)CNC(=O)[C@H](C(C)C)N(C)C(=O)CN(C)C(=O)CNC(=O)[C@@H]3CCCCN3C2=O)cc1. The molecular weight excluding hydrogens is 1910 g/mol. The number of urea groups is 1. The van der Waals surface area contributed by atoms with E-state index >= 15 is 19.2 Å². The third-order valence-corrected chi connectivity index (χ3v) is 25.1. The van der Waals surface area contributed by atoms with Gasteiger partial charge >= 0.3 is 12.0 Å². The number of hydrogen-bond acceptors (Lipinski definition) is 30. The Labute approximate surface area is 840 Å². The summed E-state index contributed by atoms with van der Waals surface area (Å²) in [5.41, 5.74) is 5.51. The van der Waals surface area contributed by atoms with Gasteiger partial charge in [-0.05, 0) is 111 Å². The molecule has 792 valence electrons. The topological polar surface area (TPSA) is 655 Å². The molecule has 0 saturated carbocycles. The van der Waals surface area contributed by atoms with Crippen molar-refractivity contribution < 1.29 is 140 Å². The van der Waals surface area contributed by atoms with Crippen molar-refractivity contribution in [3.63, 3.8) is 0 Å². The first kappa shape index (κ1) is 113. The quantitative estimate of drug-likeness (QED) is 0.0144. The molecule has 49 heteroatoms. The van der Waals surface area contributed by atoms with E-state index in [1.165, 1.54) is 75.6 Å². The number of hydrogen-bond donors (Lipinski definition) is 15. The summed E-state index contributed by atoms with van der Waals surface area (Å²) in [4.78, 5) is 283. The number of amides is 19. The molecule has 2 aromatic heterocycles. The Morgan fingerprint density at radius 2 is 1.03 bits per heavy atom. The van der Waals surface area contributed by atoms with Crippen LogP contribution in [0, 0.1) is 17.8 Å². The van der Waals surface area contributed by atoms with E-state index < -0.39 is 260 Å². The lowest BCUT2D eigenvalue weighted by atomic mass is 9.99. The lowest BCUT2D eigenvalue weighted by molar-refractivity contribution is -0.271. The lowest BCUT2D eigenvalue weighted by Crippen LogP contribution is -2.61. The van der Waals surface area contributed by atoms with Crippen LogP contribution in [0.5, 0.6) is 11.5 Å². The van der Waals surface area contributed by atoms with Crippen molar-refractivity contribution in [1.29, 1.82) is 0 Å². The van der Waals surface area contributed by atoms with Gasteiger partial charge in [-0.25, -0.2) is 19.6 Å². The molecule has 0 aliphatic carbocycles. The van der Waals surface area contributed by atoms with Gasteiger partial charge in [-0.1, -0.05) is 90.1 Å². The van der Waals surface area contributed by atoms with E-state index in [9.17, 15) is 92.3 Å². The number of aliphatic hydroxyl groups is 3. The number of aliphatic hydroxyl groups excluding tert-OH is 3. The van der Waals surface area contributed by atoms with Gasteiger partial charge in [0.1, 0.15) is 73.3 Å². The number of nitrogens with zero attached hydrogens (tertiary/aromatic N) is 9. The third-order valence-electron chi connectivity index (χ3n) is 25.1. The number of carbonyl (C=O) groups is 19. The van der Waals surface area contributed by atoms with Gasteiger partial charge in [0.15, 0.2) is 29.0 Å². The molecule has 5 aromatic rings. The molecular formula is C97H130N20O29. The smallest absolute Gasteiger partial charge is 0.335 e. The summed E-state index contributed by atoms with van der Waals surface area (Å²) in [5.74, 6) is -17.8. The van der Waals surface area contributed by atoms with Crippen LogP contribution >= 0.6 is 0 Å². The maximum atomic E-state index is 15.6. The van der Waals surface area contributed by atoms with Gasteiger partial charge in [0.2, 0.25) is 83.1 Å². The Balaban J connectivity index is 0.844. The number of carboxylic acid groups (broad SMARTS) is 1. The maximum absolute atomic E-state index is 15.6. The van der Waals surface area contributed by atoms with Crippen molar-refractivity contribution in [1.82, 2.24) is 92.1 Å². The average molecular weight is 2040 g/mol. The number of carbonyl (C=O) groups excluding carboxylic acids is 18. The third kappa shape index (κ3) is 31.0. The Bertz CT molecular complexity index is 5600. The number of rotatable bonds is 34. The van der Waals surface area contributed by atoms with Crippen molar-refractivity contribution in [3.05, 3.63) is 114 Å². The van der Waals surface area contributed by atoms with Crippen molar-refractivity contribution in [2.75, 3.05) is 139 Å².